The molecule has 1 aromatic rings. The monoisotopic (exact) mass is 320 g/mol. The Kier molecular flexibility index (Phi) is 5.19. The molecule has 0 aromatic carbocycles. The first-order chi connectivity index (χ1) is 10.7. The van der Waals surface area contributed by atoms with E-state index in [0.717, 1.165) is 32.0 Å². The molecule has 122 valence electrons. The molecular formula is C18H28N2OS. The highest BCUT2D eigenvalue weighted by atomic mass is 32.1. The van der Waals surface area contributed by atoms with Crippen molar-refractivity contribution in [3.05, 3.63) is 22.4 Å². The van der Waals surface area contributed by atoms with Crippen molar-refractivity contribution in [2.45, 2.75) is 45.6 Å². The number of hydrogen-bond donors (Lipinski definition) is 1. The molecule has 3 nitrogen and oxygen atoms in total. The van der Waals surface area contributed by atoms with Crippen molar-refractivity contribution in [1.29, 1.82) is 0 Å². The summed E-state index contributed by atoms with van der Waals surface area (Å²) in [5.41, 5.74) is 1.34. The molecule has 1 aromatic heterocycles. The number of hydrogen-bond acceptors (Lipinski definition) is 3. The Morgan fingerprint density at radius 1 is 1.36 bits per heavy atom. The molecule has 0 spiro atoms. The molecule has 1 heterocycles. The van der Waals surface area contributed by atoms with Gasteiger partial charge in [-0.25, -0.2) is 0 Å². The first kappa shape index (κ1) is 16.0. The first-order valence-corrected chi connectivity index (χ1v) is 9.71. The number of carbonyl (C=O) groups is 1. The number of carbonyl (C=O) groups excluding carboxylic acids is 1. The van der Waals surface area contributed by atoms with E-state index in [4.69, 9.17) is 0 Å². The minimum absolute atomic E-state index is 0.290. The molecule has 0 saturated heterocycles. The third-order valence-corrected chi connectivity index (χ3v) is 6.43. The Morgan fingerprint density at radius 3 is 2.73 bits per heavy atom. The van der Waals surface area contributed by atoms with Crippen LogP contribution in [0.1, 0.15) is 51.1 Å². The van der Waals surface area contributed by atoms with Gasteiger partial charge in [0.05, 0.1) is 6.04 Å². The summed E-state index contributed by atoms with van der Waals surface area (Å²) in [4.78, 5) is 15.0. The third kappa shape index (κ3) is 3.23. The number of likely N-dealkylation sites (N-methyl/N-ethyl adjacent to an activating group) is 1. The normalized spacial score (nSPS) is 28.2. The smallest absolute Gasteiger partial charge is 0.223 e. The Labute approximate surface area is 138 Å². The van der Waals surface area contributed by atoms with Crippen LogP contribution in [0, 0.1) is 17.8 Å². The number of thiophene rings is 1. The van der Waals surface area contributed by atoms with E-state index < -0.39 is 0 Å². The molecule has 2 aliphatic carbocycles. The number of rotatable bonds is 7. The van der Waals surface area contributed by atoms with Gasteiger partial charge in [-0.05, 0) is 66.6 Å². The Morgan fingerprint density at radius 2 is 2.18 bits per heavy atom. The highest BCUT2D eigenvalue weighted by molar-refractivity contribution is 7.07. The van der Waals surface area contributed by atoms with Gasteiger partial charge < -0.3 is 5.32 Å². The van der Waals surface area contributed by atoms with Gasteiger partial charge in [0, 0.05) is 12.5 Å². The number of nitrogens with zero attached hydrogens (tertiary/aromatic N) is 1. The third-order valence-electron chi connectivity index (χ3n) is 5.73. The van der Waals surface area contributed by atoms with E-state index in [0.29, 0.717) is 23.8 Å². The van der Waals surface area contributed by atoms with E-state index in [9.17, 15) is 4.79 Å². The fourth-order valence-electron chi connectivity index (χ4n) is 4.48. The van der Waals surface area contributed by atoms with Crippen LogP contribution in [0.2, 0.25) is 0 Å². The second kappa shape index (κ2) is 7.14. The molecule has 2 fully saturated rings. The zero-order chi connectivity index (χ0) is 15.5. The summed E-state index contributed by atoms with van der Waals surface area (Å²) in [6, 6.07) is 2.50. The summed E-state index contributed by atoms with van der Waals surface area (Å²) in [5, 5.41) is 7.61. The van der Waals surface area contributed by atoms with Gasteiger partial charge in [0.2, 0.25) is 5.91 Å². The minimum Gasteiger partial charge on any atom is -0.354 e. The molecular weight excluding hydrogens is 292 g/mol. The summed E-state index contributed by atoms with van der Waals surface area (Å²) in [6.07, 6.45) is 5.05. The zero-order valence-electron chi connectivity index (χ0n) is 13.8. The van der Waals surface area contributed by atoms with Crippen molar-refractivity contribution in [3.8, 4) is 0 Å². The lowest BCUT2D eigenvalue weighted by Crippen LogP contribution is -2.41. The number of amides is 1. The van der Waals surface area contributed by atoms with Gasteiger partial charge in [-0.1, -0.05) is 20.3 Å². The van der Waals surface area contributed by atoms with Gasteiger partial charge in [0.1, 0.15) is 0 Å². The van der Waals surface area contributed by atoms with Crippen LogP contribution in [0.3, 0.4) is 0 Å². The van der Waals surface area contributed by atoms with Crippen LogP contribution in [-0.2, 0) is 4.79 Å². The van der Waals surface area contributed by atoms with Crippen LogP contribution in [0.4, 0.5) is 0 Å². The second-order valence-electron chi connectivity index (χ2n) is 6.82. The lowest BCUT2D eigenvalue weighted by Gasteiger charge is -2.30. The fraction of sp³-hybridized carbons (Fsp3) is 0.722. The average molecular weight is 321 g/mol. The van der Waals surface area contributed by atoms with E-state index in [1.807, 2.05) is 0 Å². The summed E-state index contributed by atoms with van der Waals surface area (Å²) in [5.74, 6) is 2.09. The number of fused-ring (bicyclic) bond motifs is 2. The number of nitrogens with one attached hydrogen (secondary N) is 1. The molecule has 4 atom stereocenters. The van der Waals surface area contributed by atoms with Gasteiger partial charge in [-0.3, -0.25) is 9.69 Å². The highest BCUT2D eigenvalue weighted by Crippen LogP contribution is 2.48. The van der Waals surface area contributed by atoms with Gasteiger partial charge >= 0.3 is 0 Å². The van der Waals surface area contributed by atoms with E-state index in [1.54, 1.807) is 11.3 Å². The minimum atomic E-state index is 0.290. The molecule has 0 radical (unpaired) electrons. The predicted molar refractivity (Wildman–Crippen MR) is 91.9 cm³/mol. The van der Waals surface area contributed by atoms with Crippen molar-refractivity contribution in [2.24, 2.45) is 17.8 Å². The largest absolute Gasteiger partial charge is 0.354 e. The van der Waals surface area contributed by atoms with Crippen LogP contribution in [0.15, 0.2) is 16.8 Å². The van der Waals surface area contributed by atoms with Crippen LogP contribution in [0.25, 0.3) is 0 Å². The molecule has 0 aliphatic heterocycles. The topological polar surface area (TPSA) is 32.3 Å². The van der Waals surface area contributed by atoms with E-state index in [-0.39, 0.29) is 0 Å². The molecule has 22 heavy (non-hydrogen) atoms. The van der Waals surface area contributed by atoms with Gasteiger partial charge in [0.15, 0.2) is 0 Å². The molecule has 1 N–H and O–H groups in total. The zero-order valence-corrected chi connectivity index (χ0v) is 14.6. The molecule has 3 rings (SSSR count). The van der Waals surface area contributed by atoms with E-state index in [1.165, 1.54) is 24.8 Å². The standard InChI is InChI=1S/C18H28N2OS/c1-3-20(4-2)17(15-7-8-22-12-15)11-19-18(21)16-10-13-5-6-14(16)9-13/h7-8,12-14,16-17H,3-6,9-11H2,1-2H3,(H,19,21)/t13-,14-,16-,17-/m0/s1. The van der Waals surface area contributed by atoms with Crippen LogP contribution < -0.4 is 5.32 Å². The molecule has 2 bridgehead atoms. The summed E-state index contributed by atoms with van der Waals surface area (Å²) >= 11 is 1.74. The van der Waals surface area contributed by atoms with Crippen molar-refractivity contribution < 1.29 is 4.79 Å². The maximum absolute atomic E-state index is 12.6. The highest BCUT2D eigenvalue weighted by Gasteiger charge is 2.43. The van der Waals surface area contributed by atoms with Crippen LogP contribution in [-0.4, -0.2) is 30.4 Å². The summed E-state index contributed by atoms with van der Waals surface area (Å²) < 4.78 is 0. The Hall–Kier alpha value is -0.870. The fourth-order valence-corrected chi connectivity index (χ4v) is 5.19. The Bertz CT molecular complexity index is 483. The second-order valence-corrected chi connectivity index (χ2v) is 7.60. The van der Waals surface area contributed by atoms with Crippen molar-refractivity contribution in [2.75, 3.05) is 19.6 Å². The van der Waals surface area contributed by atoms with Gasteiger partial charge in [0.25, 0.3) is 0 Å². The summed E-state index contributed by atoms with van der Waals surface area (Å²) in [6.45, 7) is 7.16. The average Bonchev–Trinajstić information content (AvgIpc) is 3.28. The molecule has 1 amide bonds. The van der Waals surface area contributed by atoms with Crippen molar-refractivity contribution >= 4 is 17.2 Å². The molecule has 0 unspecified atom stereocenters. The lowest BCUT2D eigenvalue weighted by molar-refractivity contribution is -0.126. The molecule has 2 aliphatic rings. The van der Waals surface area contributed by atoms with Crippen molar-refractivity contribution in [3.63, 3.8) is 0 Å². The summed E-state index contributed by atoms with van der Waals surface area (Å²) in [7, 11) is 0. The quantitative estimate of drug-likeness (QED) is 0.831. The van der Waals surface area contributed by atoms with Crippen molar-refractivity contribution in [1.82, 2.24) is 10.2 Å². The van der Waals surface area contributed by atoms with Crippen LogP contribution >= 0.6 is 11.3 Å². The SMILES string of the molecule is CCN(CC)[C@@H](CNC(=O)[C@H]1C[C@H]2CC[C@H]1C2)c1ccsc1. The maximum Gasteiger partial charge on any atom is 0.223 e. The maximum atomic E-state index is 12.6. The lowest BCUT2D eigenvalue weighted by atomic mass is 9.88. The van der Waals surface area contributed by atoms with E-state index in [2.05, 4.69) is 40.9 Å². The van der Waals surface area contributed by atoms with Crippen LogP contribution in [0.5, 0.6) is 0 Å². The predicted octanol–water partition coefficient (Wildman–Crippen LogP) is 3.68. The Balaban J connectivity index is 1.60. The van der Waals surface area contributed by atoms with E-state index >= 15 is 0 Å². The van der Waals surface area contributed by atoms with Gasteiger partial charge in [-0.15, -0.1) is 0 Å². The molecule has 4 heteroatoms. The molecule has 2 saturated carbocycles. The first-order valence-electron chi connectivity index (χ1n) is 8.76. The van der Waals surface area contributed by atoms with Gasteiger partial charge in [-0.2, -0.15) is 11.3 Å².